The lowest BCUT2D eigenvalue weighted by Gasteiger charge is -2.01. The molecule has 0 saturated heterocycles. The Kier molecular flexibility index (Phi) is 4.45. The van der Waals surface area contributed by atoms with Gasteiger partial charge in [-0.25, -0.2) is 5.48 Å². The van der Waals surface area contributed by atoms with Crippen LogP contribution in [-0.2, 0) is 16.1 Å². The highest BCUT2D eigenvalue weighted by Gasteiger charge is 1.94. The molecule has 0 bridgehead atoms. The van der Waals surface area contributed by atoms with E-state index < -0.39 is 5.91 Å². The molecule has 0 aliphatic carbocycles. The standard InChI is InChI=1S/C8H12N2O2S/c9-8(11)5-12-10-3-1-7-2-4-13-6-7/h2,4,6,10H,1,3,5H2,(H2,9,11). The number of primary amides is 1. The summed E-state index contributed by atoms with van der Waals surface area (Å²) in [5, 5.41) is 4.11. The molecule has 1 aromatic rings. The van der Waals surface area contributed by atoms with Gasteiger partial charge in [0.1, 0.15) is 6.61 Å². The summed E-state index contributed by atoms with van der Waals surface area (Å²) in [6.45, 7) is 0.605. The third-order valence-corrected chi connectivity index (χ3v) is 2.14. The summed E-state index contributed by atoms with van der Waals surface area (Å²) < 4.78 is 0. The maximum Gasteiger partial charge on any atom is 0.245 e. The Morgan fingerprint density at radius 1 is 1.69 bits per heavy atom. The Morgan fingerprint density at radius 2 is 2.54 bits per heavy atom. The second-order valence-electron chi connectivity index (χ2n) is 2.53. The molecule has 1 amide bonds. The molecule has 1 heterocycles. The van der Waals surface area contributed by atoms with Crippen LogP contribution in [0.5, 0.6) is 0 Å². The molecule has 0 radical (unpaired) electrons. The molecule has 0 aromatic carbocycles. The van der Waals surface area contributed by atoms with Crippen molar-refractivity contribution in [1.29, 1.82) is 0 Å². The van der Waals surface area contributed by atoms with E-state index in [4.69, 9.17) is 10.6 Å². The Morgan fingerprint density at radius 3 is 3.15 bits per heavy atom. The van der Waals surface area contributed by atoms with Crippen molar-refractivity contribution >= 4 is 17.2 Å². The number of thiophene rings is 1. The average Bonchev–Trinajstić information content (AvgIpc) is 2.55. The third kappa shape index (κ3) is 4.62. The number of hydroxylamine groups is 1. The van der Waals surface area contributed by atoms with E-state index in [2.05, 4.69) is 16.9 Å². The van der Waals surface area contributed by atoms with E-state index in [-0.39, 0.29) is 6.61 Å². The van der Waals surface area contributed by atoms with Crippen molar-refractivity contribution in [3.63, 3.8) is 0 Å². The van der Waals surface area contributed by atoms with Crippen LogP contribution < -0.4 is 11.2 Å². The van der Waals surface area contributed by atoms with Gasteiger partial charge in [0.25, 0.3) is 0 Å². The maximum absolute atomic E-state index is 10.3. The summed E-state index contributed by atoms with van der Waals surface area (Å²) in [5.74, 6) is -0.469. The minimum atomic E-state index is -0.469. The second kappa shape index (κ2) is 5.69. The summed E-state index contributed by atoms with van der Waals surface area (Å²) in [7, 11) is 0. The molecule has 1 aromatic heterocycles. The zero-order valence-corrected chi connectivity index (χ0v) is 7.97. The van der Waals surface area contributed by atoms with Crippen LogP contribution in [0, 0.1) is 0 Å². The van der Waals surface area contributed by atoms with Gasteiger partial charge in [-0.05, 0) is 28.8 Å². The highest BCUT2D eigenvalue weighted by atomic mass is 32.1. The van der Waals surface area contributed by atoms with Gasteiger partial charge in [0.05, 0.1) is 0 Å². The Labute approximate surface area is 80.7 Å². The summed E-state index contributed by atoms with van der Waals surface area (Å²) in [6.07, 6.45) is 0.891. The molecule has 0 saturated carbocycles. The van der Waals surface area contributed by atoms with Crippen LogP contribution in [-0.4, -0.2) is 19.1 Å². The van der Waals surface area contributed by atoms with Gasteiger partial charge in [0, 0.05) is 6.54 Å². The second-order valence-corrected chi connectivity index (χ2v) is 3.31. The van der Waals surface area contributed by atoms with Gasteiger partial charge >= 0.3 is 0 Å². The van der Waals surface area contributed by atoms with Crippen molar-refractivity contribution in [2.75, 3.05) is 13.2 Å². The molecule has 0 aliphatic heterocycles. The molecule has 5 heteroatoms. The highest BCUT2D eigenvalue weighted by molar-refractivity contribution is 7.07. The van der Waals surface area contributed by atoms with E-state index in [1.807, 2.05) is 5.38 Å². The molecule has 0 spiro atoms. The van der Waals surface area contributed by atoms with Crippen molar-refractivity contribution < 1.29 is 9.63 Å². The van der Waals surface area contributed by atoms with Crippen LogP contribution in [0.3, 0.4) is 0 Å². The van der Waals surface area contributed by atoms with Crippen LogP contribution in [0.2, 0.25) is 0 Å². The molecule has 13 heavy (non-hydrogen) atoms. The topological polar surface area (TPSA) is 64.4 Å². The molecule has 3 N–H and O–H groups in total. The zero-order chi connectivity index (χ0) is 9.52. The molecular formula is C8H12N2O2S. The van der Waals surface area contributed by atoms with Gasteiger partial charge in [-0.15, -0.1) is 0 Å². The van der Waals surface area contributed by atoms with Crippen LogP contribution in [0.15, 0.2) is 16.8 Å². The van der Waals surface area contributed by atoms with E-state index in [1.165, 1.54) is 5.56 Å². The maximum atomic E-state index is 10.3. The Hall–Kier alpha value is -0.910. The van der Waals surface area contributed by atoms with E-state index >= 15 is 0 Å². The van der Waals surface area contributed by atoms with E-state index in [0.717, 1.165) is 6.42 Å². The predicted molar refractivity (Wildman–Crippen MR) is 51.2 cm³/mol. The molecule has 72 valence electrons. The van der Waals surface area contributed by atoms with Crippen LogP contribution in [0.4, 0.5) is 0 Å². The van der Waals surface area contributed by atoms with Crippen molar-refractivity contribution in [3.8, 4) is 0 Å². The fraction of sp³-hybridized carbons (Fsp3) is 0.375. The van der Waals surface area contributed by atoms with E-state index in [9.17, 15) is 4.79 Å². The number of amides is 1. The van der Waals surface area contributed by atoms with Crippen molar-refractivity contribution in [2.24, 2.45) is 5.73 Å². The number of nitrogens with two attached hydrogens (primary N) is 1. The van der Waals surface area contributed by atoms with Crippen molar-refractivity contribution in [2.45, 2.75) is 6.42 Å². The lowest BCUT2D eigenvalue weighted by molar-refractivity contribution is -0.125. The van der Waals surface area contributed by atoms with Crippen molar-refractivity contribution in [1.82, 2.24) is 5.48 Å². The molecule has 0 aliphatic rings. The minimum absolute atomic E-state index is 0.0797. The quantitative estimate of drug-likeness (QED) is 0.512. The number of carbonyl (C=O) groups excluding carboxylic acids is 1. The highest BCUT2D eigenvalue weighted by Crippen LogP contribution is 2.05. The van der Waals surface area contributed by atoms with Gasteiger partial charge in [0.15, 0.2) is 0 Å². The van der Waals surface area contributed by atoms with Crippen LogP contribution in [0.1, 0.15) is 5.56 Å². The molecular weight excluding hydrogens is 188 g/mol. The fourth-order valence-electron chi connectivity index (χ4n) is 0.825. The summed E-state index contributed by atoms with van der Waals surface area (Å²) >= 11 is 1.67. The Bertz CT molecular complexity index is 249. The first-order valence-corrected chi connectivity index (χ1v) is 4.87. The van der Waals surface area contributed by atoms with Gasteiger partial charge in [-0.1, -0.05) is 0 Å². The molecule has 1 rings (SSSR count). The zero-order valence-electron chi connectivity index (χ0n) is 7.16. The molecule has 4 nitrogen and oxygen atoms in total. The van der Waals surface area contributed by atoms with E-state index in [0.29, 0.717) is 6.54 Å². The first-order valence-electron chi connectivity index (χ1n) is 3.93. The summed E-state index contributed by atoms with van der Waals surface area (Å²) in [5.41, 5.74) is 8.79. The molecule has 0 unspecified atom stereocenters. The van der Waals surface area contributed by atoms with E-state index in [1.54, 1.807) is 11.3 Å². The van der Waals surface area contributed by atoms with Crippen LogP contribution >= 0.6 is 11.3 Å². The monoisotopic (exact) mass is 200 g/mol. The lowest BCUT2D eigenvalue weighted by Crippen LogP contribution is -2.26. The summed E-state index contributed by atoms with van der Waals surface area (Å²) in [4.78, 5) is 15.0. The lowest BCUT2D eigenvalue weighted by atomic mass is 10.2. The number of nitrogens with one attached hydrogen (secondary N) is 1. The summed E-state index contributed by atoms with van der Waals surface area (Å²) in [6, 6.07) is 2.06. The first-order chi connectivity index (χ1) is 6.29. The Balaban J connectivity index is 1.99. The smallest absolute Gasteiger partial charge is 0.245 e. The molecule has 0 fully saturated rings. The van der Waals surface area contributed by atoms with Gasteiger partial charge in [-0.3, -0.25) is 9.63 Å². The van der Waals surface area contributed by atoms with Gasteiger partial charge in [0.2, 0.25) is 5.91 Å². The normalized spacial score (nSPS) is 10.2. The number of hydrogen-bond donors (Lipinski definition) is 2. The van der Waals surface area contributed by atoms with Crippen molar-refractivity contribution in [3.05, 3.63) is 22.4 Å². The third-order valence-electron chi connectivity index (χ3n) is 1.41. The van der Waals surface area contributed by atoms with Gasteiger partial charge < -0.3 is 5.73 Å². The number of hydrogen-bond acceptors (Lipinski definition) is 4. The SMILES string of the molecule is NC(=O)CONCCc1ccsc1. The fourth-order valence-corrected chi connectivity index (χ4v) is 1.53. The van der Waals surface area contributed by atoms with Gasteiger partial charge in [-0.2, -0.15) is 11.3 Å². The largest absolute Gasteiger partial charge is 0.368 e. The number of rotatable bonds is 6. The average molecular weight is 200 g/mol. The predicted octanol–water partition coefficient (Wildman–Crippen LogP) is 0.297. The molecule has 0 atom stereocenters. The minimum Gasteiger partial charge on any atom is -0.368 e. The van der Waals surface area contributed by atoms with Crippen LogP contribution in [0.25, 0.3) is 0 Å². The first kappa shape index (κ1) is 10.2. The number of carbonyl (C=O) groups is 1.